The van der Waals surface area contributed by atoms with Crippen molar-refractivity contribution < 1.29 is 4.79 Å². The highest BCUT2D eigenvalue weighted by Crippen LogP contribution is 2.47. The molecular formula is C18H17BrN2O. The highest BCUT2D eigenvalue weighted by atomic mass is 79.9. The first-order valence-electron chi connectivity index (χ1n) is 7.30. The van der Waals surface area contributed by atoms with Gasteiger partial charge >= 0.3 is 0 Å². The number of hydrogen-bond acceptors (Lipinski definition) is 2. The number of hydrogen-bond donors (Lipinski definition) is 1. The van der Waals surface area contributed by atoms with E-state index in [-0.39, 0.29) is 11.8 Å². The Kier molecular flexibility index (Phi) is 4.39. The number of nitrogens with one attached hydrogen (secondary N) is 1. The van der Waals surface area contributed by atoms with Crippen LogP contribution < -0.4 is 5.43 Å². The summed E-state index contributed by atoms with van der Waals surface area (Å²) >= 11 is 3.40. The van der Waals surface area contributed by atoms with Gasteiger partial charge in [0.1, 0.15) is 0 Å². The van der Waals surface area contributed by atoms with Crippen LogP contribution in [0.1, 0.15) is 30.4 Å². The van der Waals surface area contributed by atoms with Crippen molar-refractivity contribution in [3.05, 3.63) is 70.2 Å². The van der Waals surface area contributed by atoms with Gasteiger partial charge in [-0.3, -0.25) is 4.79 Å². The molecule has 2 atom stereocenters. The monoisotopic (exact) mass is 356 g/mol. The molecule has 1 aliphatic rings. The predicted octanol–water partition coefficient (Wildman–Crippen LogP) is 4.09. The van der Waals surface area contributed by atoms with Crippen molar-refractivity contribution in [2.75, 3.05) is 0 Å². The molecule has 0 heterocycles. The maximum Gasteiger partial charge on any atom is 0.243 e. The van der Waals surface area contributed by atoms with Gasteiger partial charge < -0.3 is 0 Å². The van der Waals surface area contributed by atoms with Gasteiger partial charge in [-0.2, -0.15) is 5.10 Å². The van der Waals surface area contributed by atoms with E-state index in [4.69, 9.17) is 0 Å². The summed E-state index contributed by atoms with van der Waals surface area (Å²) in [6.07, 6.45) is 0.905. The van der Waals surface area contributed by atoms with E-state index in [1.807, 2.05) is 49.4 Å². The van der Waals surface area contributed by atoms with Crippen LogP contribution in [0.5, 0.6) is 0 Å². The summed E-state index contributed by atoms with van der Waals surface area (Å²) in [5, 5.41) is 4.22. The highest BCUT2D eigenvalue weighted by molar-refractivity contribution is 9.10. The van der Waals surface area contributed by atoms with Crippen molar-refractivity contribution in [2.24, 2.45) is 11.0 Å². The Morgan fingerprint density at radius 3 is 2.50 bits per heavy atom. The molecule has 1 amide bonds. The molecule has 1 aliphatic carbocycles. The molecule has 0 bridgehead atoms. The zero-order chi connectivity index (χ0) is 15.5. The van der Waals surface area contributed by atoms with E-state index in [0.717, 1.165) is 22.2 Å². The van der Waals surface area contributed by atoms with Gasteiger partial charge in [0, 0.05) is 10.4 Å². The third-order valence-electron chi connectivity index (χ3n) is 3.95. The molecule has 1 saturated carbocycles. The first-order valence-corrected chi connectivity index (χ1v) is 8.09. The lowest BCUT2D eigenvalue weighted by Gasteiger charge is -2.03. The second-order valence-electron chi connectivity index (χ2n) is 5.54. The minimum atomic E-state index is 0.00492. The third-order valence-corrected chi connectivity index (χ3v) is 4.48. The summed E-state index contributed by atoms with van der Waals surface area (Å²) in [5.74, 6) is 0.388. The number of carbonyl (C=O) groups is 1. The van der Waals surface area contributed by atoms with Crippen molar-refractivity contribution in [3.8, 4) is 0 Å². The predicted molar refractivity (Wildman–Crippen MR) is 91.8 cm³/mol. The molecule has 4 heteroatoms. The van der Waals surface area contributed by atoms with Crippen LogP contribution in [0.15, 0.2) is 64.2 Å². The number of benzene rings is 2. The van der Waals surface area contributed by atoms with Crippen molar-refractivity contribution in [2.45, 2.75) is 19.3 Å². The molecule has 1 fully saturated rings. The molecule has 1 N–H and O–H groups in total. The fraction of sp³-hybridized carbons (Fsp3) is 0.222. The Bertz CT molecular complexity index is 695. The summed E-state index contributed by atoms with van der Waals surface area (Å²) in [4.78, 5) is 12.2. The standard InChI is InChI=1S/C18H17BrN2O/c1-12(13-7-9-15(19)10-8-13)20-21-18(22)17-11-16(17)14-5-3-2-4-6-14/h2-10,16-17H,11H2,1H3,(H,21,22)/t16-,17+/m1/s1. The zero-order valence-electron chi connectivity index (χ0n) is 12.3. The van der Waals surface area contributed by atoms with Crippen LogP contribution in [0, 0.1) is 5.92 Å². The lowest BCUT2D eigenvalue weighted by atomic mass is 10.1. The summed E-state index contributed by atoms with van der Waals surface area (Å²) in [6.45, 7) is 1.89. The summed E-state index contributed by atoms with van der Waals surface area (Å²) in [5.41, 5.74) is 5.73. The molecule has 2 aromatic carbocycles. The lowest BCUT2D eigenvalue weighted by molar-refractivity contribution is -0.122. The van der Waals surface area contributed by atoms with Crippen LogP contribution in [0.25, 0.3) is 0 Å². The Labute approximate surface area is 138 Å². The minimum Gasteiger partial charge on any atom is -0.273 e. The van der Waals surface area contributed by atoms with Crippen LogP contribution >= 0.6 is 15.9 Å². The summed E-state index contributed by atoms with van der Waals surface area (Å²) < 4.78 is 1.02. The Balaban J connectivity index is 1.59. The van der Waals surface area contributed by atoms with Crippen LogP contribution in [0.3, 0.4) is 0 Å². The molecule has 0 unspecified atom stereocenters. The average Bonchev–Trinajstić information content (AvgIpc) is 3.34. The van der Waals surface area contributed by atoms with Gasteiger partial charge in [-0.15, -0.1) is 0 Å². The van der Waals surface area contributed by atoms with E-state index in [9.17, 15) is 4.79 Å². The molecule has 0 aliphatic heterocycles. The molecule has 0 spiro atoms. The molecule has 22 heavy (non-hydrogen) atoms. The van der Waals surface area contributed by atoms with Gasteiger partial charge in [0.2, 0.25) is 5.91 Å². The second kappa shape index (κ2) is 6.44. The average molecular weight is 357 g/mol. The second-order valence-corrected chi connectivity index (χ2v) is 6.46. The van der Waals surface area contributed by atoms with Crippen LogP contribution in [0.2, 0.25) is 0 Å². The van der Waals surface area contributed by atoms with Gasteiger partial charge in [-0.05, 0) is 42.5 Å². The quantitative estimate of drug-likeness (QED) is 0.650. The Morgan fingerprint density at radius 1 is 1.14 bits per heavy atom. The van der Waals surface area contributed by atoms with E-state index in [2.05, 4.69) is 38.6 Å². The molecule has 0 saturated heterocycles. The third kappa shape index (κ3) is 3.45. The van der Waals surface area contributed by atoms with E-state index in [1.54, 1.807) is 0 Å². The van der Waals surface area contributed by atoms with Gasteiger partial charge in [-0.25, -0.2) is 5.43 Å². The maximum atomic E-state index is 12.2. The molecule has 3 nitrogen and oxygen atoms in total. The normalized spacial score (nSPS) is 20.5. The highest BCUT2D eigenvalue weighted by Gasteiger charge is 2.43. The van der Waals surface area contributed by atoms with Gasteiger partial charge in [0.05, 0.1) is 5.71 Å². The topological polar surface area (TPSA) is 41.5 Å². The van der Waals surface area contributed by atoms with Crippen LogP contribution in [-0.4, -0.2) is 11.6 Å². The molecule has 112 valence electrons. The fourth-order valence-electron chi connectivity index (χ4n) is 2.53. The molecule has 0 aromatic heterocycles. The van der Waals surface area contributed by atoms with E-state index >= 15 is 0 Å². The van der Waals surface area contributed by atoms with Crippen LogP contribution in [-0.2, 0) is 4.79 Å². The number of amides is 1. The van der Waals surface area contributed by atoms with Crippen molar-refractivity contribution in [1.82, 2.24) is 5.43 Å². The van der Waals surface area contributed by atoms with E-state index in [1.165, 1.54) is 5.56 Å². The van der Waals surface area contributed by atoms with E-state index < -0.39 is 0 Å². The fourth-order valence-corrected chi connectivity index (χ4v) is 2.80. The number of nitrogens with zero attached hydrogens (tertiary/aromatic N) is 1. The smallest absolute Gasteiger partial charge is 0.243 e. The van der Waals surface area contributed by atoms with E-state index in [0.29, 0.717) is 5.92 Å². The number of carbonyl (C=O) groups excluding carboxylic acids is 1. The summed E-state index contributed by atoms with van der Waals surface area (Å²) in [6, 6.07) is 18.0. The molecule has 3 rings (SSSR count). The first kappa shape index (κ1) is 15.0. The number of halogens is 1. The van der Waals surface area contributed by atoms with Crippen molar-refractivity contribution >= 4 is 27.5 Å². The molecule has 2 aromatic rings. The largest absolute Gasteiger partial charge is 0.273 e. The molecular weight excluding hydrogens is 340 g/mol. The van der Waals surface area contributed by atoms with Crippen molar-refractivity contribution in [1.29, 1.82) is 0 Å². The Morgan fingerprint density at radius 2 is 1.82 bits per heavy atom. The zero-order valence-corrected chi connectivity index (χ0v) is 13.9. The van der Waals surface area contributed by atoms with Crippen LogP contribution in [0.4, 0.5) is 0 Å². The lowest BCUT2D eigenvalue weighted by Crippen LogP contribution is -2.21. The SMILES string of the molecule is CC(=NNC(=O)[C@H]1C[C@@H]1c1ccccc1)c1ccc(Br)cc1. The van der Waals surface area contributed by atoms with Gasteiger partial charge in [0.25, 0.3) is 0 Å². The molecule has 0 radical (unpaired) electrons. The minimum absolute atomic E-state index is 0.00492. The maximum absolute atomic E-state index is 12.2. The Hall–Kier alpha value is -1.94. The number of rotatable bonds is 4. The van der Waals surface area contributed by atoms with Gasteiger partial charge in [-0.1, -0.05) is 58.4 Å². The van der Waals surface area contributed by atoms with Crippen molar-refractivity contribution in [3.63, 3.8) is 0 Å². The first-order chi connectivity index (χ1) is 10.6. The summed E-state index contributed by atoms with van der Waals surface area (Å²) in [7, 11) is 0. The van der Waals surface area contributed by atoms with Gasteiger partial charge in [0.15, 0.2) is 0 Å². The number of hydrazone groups is 1.